The molecule has 1 aromatic heterocycles. The Labute approximate surface area is 147 Å². The molecule has 1 fully saturated rings. The van der Waals surface area contributed by atoms with Gasteiger partial charge < -0.3 is 4.42 Å². The molecule has 0 atom stereocenters. The fourth-order valence-corrected chi connectivity index (χ4v) is 4.32. The largest absolute Gasteiger partial charge is 0.468 e. The molecule has 3 rings (SSSR count). The minimum absolute atomic E-state index is 0.197. The van der Waals surface area contributed by atoms with Crippen LogP contribution in [0.15, 0.2) is 47.1 Å². The average molecular weight is 366 g/mol. The third kappa shape index (κ3) is 5.39. The van der Waals surface area contributed by atoms with Crippen molar-refractivity contribution in [2.45, 2.75) is 25.1 Å². The fraction of sp³-hybridized carbons (Fsp3) is 0.444. The lowest BCUT2D eigenvalue weighted by Gasteiger charge is -2.31. The molecule has 0 radical (unpaired) electrons. The first-order valence-electron chi connectivity index (χ1n) is 8.47. The van der Waals surface area contributed by atoms with Crippen LogP contribution in [0.5, 0.6) is 0 Å². The zero-order valence-corrected chi connectivity index (χ0v) is 14.8. The maximum atomic E-state index is 13.6. The van der Waals surface area contributed by atoms with Crippen molar-refractivity contribution < 1.29 is 17.2 Å². The SMILES string of the molecule is O=S(=O)(Cc1ccccc1F)NCC1CCN(Cc2ccco2)CC1. The zero-order chi connectivity index (χ0) is 17.7. The summed E-state index contributed by atoms with van der Waals surface area (Å²) in [6, 6.07) is 9.81. The fourth-order valence-electron chi connectivity index (χ4n) is 3.09. The molecular weight excluding hydrogens is 343 g/mol. The summed E-state index contributed by atoms with van der Waals surface area (Å²) in [5.74, 6) is 0.447. The second-order valence-corrected chi connectivity index (χ2v) is 8.30. The molecule has 0 amide bonds. The van der Waals surface area contributed by atoms with Crippen molar-refractivity contribution in [2.75, 3.05) is 19.6 Å². The van der Waals surface area contributed by atoms with Crippen molar-refractivity contribution in [1.82, 2.24) is 9.62 Å². The lowest BCUT2D eigenvalue weighted by atomic mass is 9.97. The molecule has 136 valence electrons. The second-order valence-electron chi connectivity index (χ2n) is 6.50. The van der Waals surface area contributed by atoms with Crippen molar-refractivity contribution >= 4 is 10.0 Å². The van der Waals surface area contributed by atoms with E-state index in [2.05, 4.69) is 9.62 Å². The van der Waals surface area contributed by atoms with Crippen LogP contribution in [0.2, 0.25) is 0 Å². The number of furan rings is 1. The van der Waals surface area contributed by atoms with E-state index in [4.69, 9.17) is 4.42 Å². The monoisotopic (exact) mass is 366 g/mol. The van der Waals surface area contributed by atoms with Crippen LogP contribution in [0, 0.1) is 11.7 Å². The van der Waals surface area contributed by atoms with Crippen molar-refractivity contribution in [3.63, 3.8) is 0 Å². The van der Waals surface area contributed by atoms with E-state index in [-0.39, 0.29) is 11.3 Å². The molecule has 7 heteroatoms. The Balaban J connectivity index is 1.44. The molecule has 0 saturated carbocycles. The quantitative estimate of drug-likeness (QED) is 0.818. The van der Waals surface area contributed by atoms with Crippen molar-refractivity contribution in [2.24, 2.45) is 5.92 Å². The maximum Gasteiger partial charge on any atom is 0.215 e. The molecule has 5 nitrogen and oxygen atoms in total. The minimum Gasteiger partial charge on any atom is -0.468 e. The van der Waals surface area contributed by atoms with Crippen LogP contribution in [-0.2, 0) is 22.3 Å². The smallest absolute Gasteiger partial charge is 0.215 e. The number of halogens is 1. The molecule has 2 aromatic rings. The van der Waals surface area contributed by atoms with E-state index in [1.54, 1.807) is 18.4 Å². The Hall–Kier alpha value is -1.70. The molecule has 1 N–H and O–H groups in total. The highest BCUT2D eigenvalue weighted by molar-refractivity contribution is 7.88. The Kier molecular flexibility index (Phi) is 5.88. The predicted molar refractivity (Wildman–Crippen MR) is 93.7 cm³/mol. The van der Waals surface area contributed by atoms with E-state index in [9.17, 15) is 12.8 Å². The first-order valence-corrected chi connectivity index (χ1v) is 10.1. The van der Waals surface area contributed by atoms with Gasteiger partial charge in [-0.25, -0.2) is 17.5 Å². The number of likely N-dealkylation sites (tertiary alicyclic amines) is 1. The summed E-state index contributed by atoms with van der Waals surface area (Å²) in [5, 5.41) is 0. The summed E-state index contributed by atoms with van der Waals surface area (Å²) in [7, 11) is -3.53. The third-order valence-electron chi connectivity index (χ3n) is 4.56. The molecule has 0 aliphatic carbocycles. The number of hydrogen-bond donors (Lipinski definition) is 1. The van der Waals surface area contributed by atoms with Gasteiger partial charge in [-0.15, -0.1) is 0 Å². The standard InChI is InChI=1S/C18H23FN2O3S/c19-18-6-2-1-4-16(18)14-25(22,23)20-12-15-7-9-21(10-8-15)13-17-5-3-11-24-17/h1-6,11,15,20H,7-10,12-14H2. The maximum absolute atomic E-state index is 13.6. The van der Waals surface area contributed by atoms with Crippen molar-refractivity contribution in [1.29, 1.82) is 0 Å². The van der Waals surface area contributed by atoms with E-state index in [0.29, 0.717) is 12.5 Å². The Morgan fingerprint density at radius 1 is 1.16 bits per heavy atom. The highest BCUT2D eigenvalue weighted by Gasteiger charge is 2.22. The molecular formula is C18H23FN2O3S. The van der Waals surface area contributed by atoms with Crippen molar-refractivity contribution in [3.05, 3.63) is 59.8 Å². The van der Waals surface area contributed by atoms with Crippen LogP contribution in [0.1, 0.15) is 24.2 Å². The van der Waals surface area contributed by atoms with Crippen LogP contribution < -0.4 is 4.72 Å². The molecule has 1 saturated heterocycles. The predicted octanol–water partition coefficient (Wildman–Crippen LogP) is 2.75. The number of hydrogen-bond acceptors (Lipinski definition) is 4. The summed E-state index contributed by atoms with van der Waals surface area (Å²) >= 11 is 0. The van der Waals surface area contributed by atoms with Gasteiger partial charge in [-0.2, -0.15) is 0 Å². The average Bonchev–Trinajstić information content (AvgIpc) is 3.09. The van der Waals surface area contributed by atoms with Crippen LogP contribution >= 0.6 is 0 Å². The van der Waals surface area contributed by atoms with Gasteiger partial charge in [-0.1, -0.05) is 18.2 Å². The third-order valence-corrected chi connectivity index (χ3v) is 5.86. The number of rotatable bonds is 7. The van der Waals surface area contributed by atoms with Gasteiger partial charge in [0.25, 0.3) is 0 Å². The molecule has 1 aliphatic rings. The lowest BCUT2D eigenvalue weighted by molar-refractivity contribution is 0.168. The number of benzene rings is 1. The minimum atomic E-state index is -3.53. The molecule has 2 heterocycles. The summed E-state index contributed by atoms with van der Waals surface area (Å²) in [5.41, 5.74) is 0.197. The zero-order valence-electron chi connectivity index (χ0n) is 14.0. The van der Waals surface area contributed by atoms with Crippen LogP contribution in [0.4, 0.5) is 4.39 Å². The van der Waals surface area contributed by atoms with Crippen LogP contribution in [-0.4, -0.2) is 33.0 Å². The summed E-state index contributed by atoms with van der Waals surface area (Å²) in [4.78, 5) is 2.31. The molecule has 1 aromatic carbocycles. The van der Waals surface area contributed by atoms with Gasteiger partial charge in [0.15, 0.2) is 0 Å². The number of nitrogens with one attached hydrogen (secondary N) is 1. The second kappa shape index (κ2) is 8.12. The molecule has 1 aliphatic heterocycles. The van der Waals surface area contributed by atoms with E-state index in [0.717, 1.165) is 38.2 Å². The van der Waals surface area contributed by atoms with Gasteiger partial charge in [0, 0.05) is 12.1 Å². The number of piperidine rings is 1. The van der Waals surface area contributed by atoms with Gasteiger partial charge in [-0.05, 0) is 50.0 Å². The molecule has 25 heavy (non-hydrogen) atoms. The summed E-state index contributed by atoms with van der Waals surface area (Å²) < 4.78 is 45.9. The summed E-state index contributed by atoms with van der Waals surface area (Å²) in [6.07, 6.45) is 3.54. The van der Waals surface area contributed by atoms with Crippen LogP contribution in [0.25, 0.3) is 0 Å². The molecule has 0 spiro atoms. The van der Waals surface area contributed by atoms with Crippen molar-refractivity contribution in [3.8, 4) is 0 Å². The first kappa shape index (κ1) is 18.1. The van der Waals surface area contributed by atoms with Gasteiger partial charge in [0.05, 0.1) is 18.6 Å². The normalized spacial score (nSPS) is 17.0. The highest BCUT2D eigenvalue weighted by atomic mass is 32.2. The van der Waals surface area contributed by atoms with E-state index < -0.39 is 15.8 Å². The number of nitrogens with zero attached hydrogens (tertiary/aromatic N) is 1. The van der Waals surface area contributed by atoms with E-state index in [1.807, 2.05) is 12.1 Å². The Bertz CT molecular complexity index is 769. The van der Waals surface area contributed by atoms with Gasteiger partial charge in [0.2, 0.25) is 10.0 Å². The van der Waals surface area contributed by atoms with E-state index in [1.165, 1.54) is 12.1 Å². The van der Waals surface area contributed by atoms with E-state index >= 15 is 0 Å². The van der Waals surface area contributed by atoms with Gasteiger partial charge in [0.1, 0.15) is 11.6 Å². The van der Waals surface area contributed by atoms with Gasteiger partial charge >= 0.3 is 0 Å². The molecule has 0 bridgehead atoms. The molecule has 0 unspecified atom stereocenters. The van der Waals surface area contributed by atoms with Gasteiger partial charge in [-0.3, -0.25) is 4.90 Å². The highest BCUT2D eigenvalue weighted by Crippen LogP contribution is 2.19. The summed E-state index contributed by atoms with van der Waals surface area (Å²) in [6.45, 7) is 3.03. The first-order chi connectivity index (χ1) is 12.0. The Morgan fingerprint density at radius 3 is 2.60 bits per heavy atom. The lowest BCUT2D eigenvalue weighted by Crippen LogP contribution is -2.38. The topological polar surface area (TPSA) is 62.6 Å². The Morgan fingerprint density at radius 2 is 1.92 bits per heavy atom. The van der Waals surface area contributed by atoms with Crippen LogP contribution in [0.3, 0.4) is 0 Å². The number of sulfonamides is 1.